The monoisotopic (exact) mass is 599 g/mol. The van der Waals surface area contributed by atoms with Crippen LogP contribution in [-0.2, 0) is 23.2 Å². The maximum Gasteiger partial charge on any atom is 0.260 e. The summed E-state index contributed by atoms with van der Waals surface area (Å²) < 4.78 is 0. The summed E-state index contributed by atoms with van der Waals surface area (Å²) >= 11 is 12.9. The average molecular weight is 601 g/mol. The van der Waals surface area contributed by atoms with Gasteiger partial charge in [0, 0.05) is 53.6 Å². The number of nitrogens with zero attached hydrogens (tertiary/aromatic N) is 4. The first-order valence-corrected chi connectivity index (χ1v) is 14.2. The largest absolute Gasteiger partial charge is 0.323 e. The molecule has 2 aromatic heterocycles. The topological polar surface area (TPSA) is 95.5 Å². The molecule has 1 atom stereocenters. The first-order chi connectivity index (χ1) is 20.1. The quantitative estimate of drug-likeness (QED) is 0.307. The smallest absolute Gasteiger partial charge is 0.260 e. The fraction of sp³-hybridized carbons (Fsp3) is 0.219. The number of fused-ring (bicyclic) bond motifs is 2. The minimum Gasteiger partial charge on any atom is -0.323 e. The summed E-state index contributed by atoms with van der Waals surface area (Å²) in [5.74, 6) is -0.305. The lowest BCUT2D eigenvalue weighted by Crippen LogP contribution is -2.46. The number of carbonyl (C=O) groups excluding carboxylic acids is 3. The first-order valence-electron chi connectivity index (χ1n) is 13.5. The van der Waals surface area contributed by atoms with Crippen LogP contribution in [0.3, 0.4) is 0 Å². The number of benzene rings is 2. The van der Waals surface area contributed by atoms with Crippen molar-refractivity contribution in [3.05, 3.63) is 117 Å². The molecule has 212 valence electrons. The van der Waals surface area contributed by atoms with E-state index in [0.717, 1.165) is 5.56 Å². The number of rotatable bonds is 5. The molecule has 0 spiro atoms. The van der Waals surface area contributed by atoms with Gasteiger partial charge in [0.2, 0.25) is 5.91 Å². The maximum absolute atomic E-state index is 13.9. The van der Waals surface area contributed by atoms with Gasteiger partial charge in [-0.2, -0.15) is 0 Å². The SMILES string of the molecule is CC1(C)CN(C(=O)c2ccc(CN3C(=O)c4ccc(Cl)cc4NC(=O)[C@H]3Cc3ccccn3)cc2Cl)c2ncccc21. The number of halogens is 2. The molecule has 0 aliphatic carbocycles. The van der Waals surface area contributed by atoms with Crippen LogP contribution < -0.4 is 10.2 Å². The Labute approximate surface area is 253 Å². The number of carbonyl (C=O) groups is 3. The number of nitrogens with one attached hydrogen (secondary N) is 1. The van der Waals surface area contributed by atoms with Crippen LogP contribution in [0.25, 0.3) is 0 Å². The Balaban J connectivity index is 1.32. The van der Waals surface area contributed by atoms with E-state index in [2.05, 4.69) is 29.1 Å². The number of anilines is 2. The van der Waals surface area contributed by atoms with Gasteiger partial charge in [0.1, 0.15) is 11.9 Å². The van der Waals surface area contributed by atoms with Crippen molar-refractivity contribution in [2.24, 2.45) is 0 Å². The molecular formula is C32H27Cl2N5O3. The molecule has 0 bridgehead atoms. The Bertz CT molecular complexity index is 1730. The van der Waals surface area contributed by atoms with Crippen LogP contribution in [0, 0.1) is 0 Å². The second-order valence-corrected chi connectivity index (χ2v) is 12.0. The van der Waals surface area contributed by atoms with E-state index < -0.39 is 6.04 Å². The van der Waals surface area contributed by atoms with Crippen LogP contribution in [0.5, 0.6) is 0 Å². The fourth-order valence-corrected chi connectivity index (χ4v) is 6.05. The van der Waals surface area contributed by atoms with Crippen molar-refractivity contribution >= 4 is 52.4 Å². The van der Waals surface area contributed by atoms with E-state index in [9.17, 15) is 14.4 Å². The van der Waals surface area contributed by atoms with Crippen molar-refractivity contribution in [1.29, 1.82) is 0 Å². The van der Waals surface area contributed by atoms with Gasteiger partial charge in [-0.15, -0.1) is 0 Å². The lowest BCUT2D eigenvalue weighted by atomic mass is 9.88. The van der Waals surface area contributed by atoms with Gasteiger partial charge in [-0.3, -0.25) is 24.3 Å². The van der Waals surface area contributed by atoms with Gasteiger partial charge in [-0.05, 0) is 54.1 Å². The Morgan fingerprint density at radius 3 is 2.57 bits per heavy atom. The number of hydrogen-bond donors (Lipinski definition) is 1. The van der Waals surface area contributed by atoms with Gasteiger partial charge >= 0.3 is 0 Å². The Hall–Kier alpha value is -4.27. The fourth-order valence-electron chi connectivity index (χ4n) is 5.60. The summed E-state index contributed by atoms with van der Waals surface area (Å²) in [6.07, 6.45) is 3.53. The summed E-state index contributed by atoms with van der Waals surface area (Å²) in [4.78, 5) is 53.0. The van der Waals surface area contributed by atoms with Crippen molar-refractivity contribution in [3.8, 4) is 0 Å². The molecule has 0 saturated heterocycles. The molecule has 0 radical (unpaired) electrons. The summed E-state index contributed by atoms with van der Waals surface area (Å²) in [5, 5.41) is 3.52. The molecule has 0 fully saturated rings. The molecule has 42 heavy (non-hydrogen) atoms. The van der Waals surface area contributed by atoms with E-state index in [1.54, 1.807) is 59.8 Å². The van der Waals surface area contributed by atoms with E-state index in [4.69, 9.17) is 23.2 Å². The molecule has 8 nitrogen and oxygen atoms in total. The normalized spacial score (nSPS) is 17.4. The van der Waals surface area contributed by atoms with E-state index in [1.165, 1.54) is 4.90 Å². The van der Waals surface area contributed by atoms with E-state index >= 15 is 0 Å². The zero-order valence-corrected chi connectivity index (χ0v) is 24.5. The van der Waals surface area contributed by atoms with Crippen LogP contribution in [-0.4, -0.2) is 45.2 Å². The highest BCUT2D eigenvalue weighted by Gasteiger charge is 2.40. The van der Waals surface area contributed by atoms with Crippen LogP contribution >= 0.6 is 23.2 Å². The third kappa shape index (κ3) is 5.12. The number of aromatic nitrogens is 2. The first kappa shape index (κ1) is 27.9. The predicted molar refractivity (Wildman–Crippen MR) is 162 cm³/mol. The molecule has 10 heteroatoms. The summed E-state index contributed by atoms with van der Waals surface area (Å²) in [6.45, 7) is 4.72. The van der Waals surface area contributed by atoms with Crippen LogP contribution in [0.4, 0.5) is 11.5 Å². The Morgan fingerprint density at radius 1 is 1.00 bits per heavy atom. The zero-order chi connectivity index (χ0) is 29.6. The summed E-state index contributed by atoms with van der Waals surface area (Å²) in [7, 11) is 0. The van der Waals surface area contributed by atoms with E-state index in [-0.39, 0.29) is 41.1 Å². The minimum atomic E-state index is -0.854. The minimum absolute atomic E-state index is 0.0845. The number of pyridine rings is 2. The third-order valence-corrected chi connectivity index (χ3v) is 8.27. The van der Waals surface area contributed by atoms with Crippen LogP contribution in [0.2, 0.25) is 10.0 Å². The van der Waals surface area contributed by atoms with Crippen molar-refractivity contribution < 1.29 is 14.4 Å². The zero-order valence-electron chi connectivity index (χ0n) is 23.0. The molecule has 2 aliphatic heterocycles. The molecule has 2 aliphatic rings. The number of amides is 3. The van der Waals surface area contributed by atoms with Crippen LogP contribution in [0.1, 0.15) is 51.4 Å². The molecule has 3 amide bonds. The van der Waals surface area contributed by atoms with Gasteiger partial charge in [-0.1, -0.05) is 55.2 Å². The lowest BCUT2D eigenvalue weighted by Gasteiger charge is -2.29. The average Bonchev–Trinajstić information content (AvgIpc) is 3.21. The van der Waals surface area contributed by atoms with Gasteiger partial charge in [-0.25, -0.2) is 4.98 Å². The molecule has 6 rings (SSSR count). The van der Waals surface area contributed by atoms with Gasteiger partial charge in [0.25, 0.3) is 11.8 Å². The highest BCUT2D eigenvalue weighted by atomic mass is 35.5. The highest BCUT2D eigenvalue weighted by Crippen LogP contribution is 2.40. The van der Waals surface area contributed by atoms with Gasteiger partial charge in [0.15, 0.2) is 0 Å². The van der Waals surface area contributed by atoms with E-state index in [0.29, 0.717) is 45.5 Å². The summed E-state index contributed by atoms with van der Waals surface area (Å²) in [5.41, 5.74) is 3.11. The van der Waals surface area contributed by atoms with Crippen molar-refractivity contribution in [3.63, 3.8) is 0 Å². The molecular weight excluding hydrogens is 573 g/mol. The van der Waals surface area contributed by atoms with Crippen LogP contribution in [0.15, 0.2) is 79.1 Å². The Morgan fingerprint density at radius 2 is 1.81 bits per heavy atom. The standard InChI is InChI=1S/C32H27Cl2N5O3/c1-32(2)18-39(28-24(32)7-5-13-36-28)30(41)22-10-8-19(14-25(22)34)17-38-27(16-21-6-3-4-12-35-21)29(40)37-26-15-20(33)9-11-23(26)31(38)42/h3-15,27H,16-18H2,1-2H3,(H,37,40)/t27-/m1/s1. The third-order valence-electron chi connectivity index (χ3n) is 7.73. The van der Waals surface area contributed by atoms with Crippen molar-refractivity contribution in [1.82, 2.24) is 14.9 Å². The molecule has 4 heterocycles. The van der Waals surface area contributed by atoms with E-state index in [1.807, 2.05) is 24.3 Å². The number of hydrogen-bond acceptors (Lipinski definition) is 5. The summed E-state index contributed by atoms with van der Waals surface area (Å²) in [6, 6.07) is 18.3. The second kappa shape index (κ2) is 10.9. The second-order valence-electron chi connectivity index (χ2n) is 11.1. The van der Waals surface area contributed by atoms with Gasteiger partial charge in [0.05, 0.1) is 21.8 Å². The predicted octanol–water partition coefficient (Wildman–Crippen LogP) is 5.93. The maximum atomic E-state index is 13.9. The molecule has 1 N–H and O–H groups in total. The molecule has 4 aromatic rings. The molecule has 2 aromatic carbocycles. The lowest BCUT2D eigenvalue weighted by molar-refractivity contribution is -0.120. The highest BCUT2D eigenvalue weighted by molar-refractivity contribution is 6.34. The molecule has 0 saturated carbocycles. The van der Waals surface area contributed by atoms with Gasteiger partial charge < -0.3 is 10.2 Å². The van der Waals surface area contributed by atoms with Crippen molar-refractivity contribution in [2.45, 2.75) is 38.3 Å². The molecule has 0 unspecified atom stereocenters. The van der Waals surface area contributed by atoms with Crippen molar-refractivity contribution in [2.75, 3.05) is 16.8 Å². The Kier molecular flexibility index (Phi) is 7.20.